The predicted molar refractivity (Wildman–Crippen MR) is 138 cm³/mol. The molecule has 1 aromatic heterocycles. The first-order valence-electron chi connectivity index (χ1n) is 10.8. The van der Waals surface area contributed by atoms with E-state index in [9.17, 15) is 5.11 Å². The lowest BCUT2D eigenvalue weighted by Gasteiger charge is -2.21. The zero-order valence-corrected chi connectivity index (χ0v) is 21.5. The highest BCUT2D eigenvalue weighted by Gasteiger charge is 2.16. The van der Waals surface area contributed by atoms with E-state index in [1.807, 2.05) is 57.3 Å². The lowest BCUT2D eigenvalue weighted by molar-refractivity contribution is 0.180. The van der Waals surface area contributed by atoms with E-state index in [4.69, 9.17) is 9.73 Å². The maximum Gasteiger partial charge on any atom is 0.191 e. The van der Waals surface area contributed by atoms with Crippen molar-refractivity contribution in [1.29, 1.82) is 0 Å². The van der Waals surface area contributed by atoms with Gasteiger partial charge in [0, 0.05) is 37.9 Å². The van der Waals surface area contributed by atoms with Crippen LogP contribution in [0, 0.1) is 5.92 Å². The van der Waals surface area contributed by atoms with Crippen LogP contribution in [0.25, 0.3) is 0 Å². The Bertz CT molecular complexity index is 767. The minimum absolute atomic E-state index is 0. The number of benzene rings is 1. The van der Waals surface area contributed by atoms with Gasteiger partial charge in [-0.1, -0.05) is 32.0 Å². The molecule has 0 aliphatic rings. The molecular formula is C24H37IN4O2. The molecule has 0 aliphatic carbocycles. The van der Waals surface area contributed by atoms with Gasteiger partial charge in [0.05, 0.1) is 12.2 Å². The third kappa shape index (κ3) is 9.43. The van der Waals surface area contributed by atoms with Gasteiger partial charge in [-0.25, -0.2) is 0 Å². The van der Waals surface area contributed by atoms with Crippen molar-refractivity contribution >= 4 is 29.9 Å². The maximum atomic E-state index is 10.6. The minimum atomic E-state index is -0.638. The monoisotopic (exact) mass is 540 g/mol. The zero-order chi connectivity index (χ0) is 21.9. The predicted octanol–water partition coefficient (Wildman–Crippen LogP) is 4.52. The summed E-state index contributed by atoms with van der Waals surface area (Å²) in [7, 11) is 0. The Morgan fingerprint density at radius 2 is 1.77 bits per heavy atom. The van der Waals surface area contributed by atoms with Crippen molar-refractivity contribution in [3.8, 4) is 5.75 Å². The fourth-order valence-corrected chi connectivity index (χ4v) is 3.18. The van der Waals surface area contributed by atoms with Crippen LogP contribution < -0.4 is 15.4 Å². The van der Waals surface area contributed by atoms with Crippen LogP contribution in [0.3, 0.4) is 0 Å². The maximum absolute atomic E-state index is 10.6. The molecule has 6 nitrogen and oxygen atoms in total. The average Bonchev–Trinajstić information content (AvgIpc) is 2.72. The summed E-state index contributed by atoms with van der Waals surface area (Å²) in [6, 6.07) is 11.6. The summed E-state index contributed by atoms with van der Waals surface area (Å²) < 4.78 is 5.66. The average molecular weight is 540 g/mol. The van der Waals surface area contributed by atoms with Crippen LogP contribution in [0.4, 0.5) is 0 Å². The number of aliphatic imine (C=N–C) groups is 1. The van der Waals surface area contributed by atoms with Crippen LogP contribution in [0.15, 0.2) is 53.8 Å². The van der Waals surface area contributed by atoms with Gasteiger partial charge in [-0.05, 0) is 56.0 Å². The number of rotatable bonds is 10. The van der Waals surface area contributed by atoms with E-state index in [1.54, 1.807) is 6.20 Å². The highest BCUT2D eigenvalue weighted by atomic mass is 127. The van der Waals surface area contributed by atoms with Crippen molar-refractivity contribution in [2.75, 3.05) is 19.6 Å². The molecule has 7 heteroatoms. The molecule has 0 bridgehead atoms. The normalized spacial score (nSPS) is 13.5. The molecule has 0 radical (unpaired) electrons. The Morgan fingerprint density at radius 3 is 2.32 bits per heavy atom. The van der Waals surface area contributed by atoms with Crippen molar-refractivity contribution < 1.29 is 9.84 Å². The molecular weight excluding hydrogens is 503 g/mol. The second kappa shape index (κ2) is 14.2. The molecule has 172 valence electrons. The Hall–Kier alpha value is -1.87. The van der Waals surface area contributed by atoms with Crippen LogP contribution in [0.2, 0.25) is 0 Å². The fourth-order valence-electron chi connectivity index (χ4n) is 3.18. The summed E-state index contributed by atoms with van der Waals surface area (Å²) in [5, 5.41) is 17.1. The molecule has 1 heterocycles. The lowest BCUT2D eigenvalue weighted by Crippen LogP contribution is -2.39. The summed E-state index contributed by atoms with van der Waals surface area (Å²) in [4.78, 5) is 9.00. The smallest absolute Gasteiger partial charge is 0.191 e. The van der Waals surface area contributed by atoms with Gasteiger partial charge in [0.2, 0.25) is 0 Å². The molecule has 0 spiro atoms. The molecule has 2 atom stereocenters. The van der Waals surface area contributed by atoms with Crippen LogP contribution >= 0.6 is 24.0 Å². The molecule has 0 saturated carbocycles. The first-order chi connectivity index (χ1) is 14.4. The van der Waals surface area contributed by atoms with Crippen LogP contribution in [0.5, 0.6) is 5.75 Å². The molecule has 2 rings (SSSR count). The highest BCUT2D eigenvalue weighted by molar-refractivity contribution is 14.0. The summed E-state index contributed by atoms with van der Waals surface area (Å²) in [6.45, 7) is 12.2. The number of halogens is 1. The van der Waals surface area contributed by atoms with Crippen LogP contribution in [-0.2, 0) is 0 Å². The number of guanidine groups is 1. The SMILES string of the molecule is CCNC(=NCC(c1cccnc1)C(C)C)NCC(O)c1ccc(OC(C)C)cc1.I. The van der Waals surface area contributed by atoms with E-state index >= 15 is 0 Å². The number of aliphatic hydroxyl groups is 1. The van der Waals surface area contributed by atoms with Gasteiger partial charge in [0.15, 0.2) is 5.96 Å². The number of hydrogen-bond acceptors (Lipinski definition) is 4. The van der Waals surface area contributed by atoms with E-state index in [1.165, 1.54) is 5.56 Å². The third-order valence-corrected chi connectivity index (χ3v) is 4.81. The fraction of sp³-hybridized carbons (Fsp3) is 0.500. The standard InChI is InChI=1S/C24H36N4O2.HI/c1-6-26-24(27-15-22(17(2)3)20-8-7-13-25-14-20)28-16-23(29)19-9-11-21(12-10-19)30-18(4)5;/h7-14,17-18,22-23,29H,6,15-16H2,1-5H3,(H2,26,27,28);1H. The molecule has 2 unspecified atom stereocenters. The number of ether oxygens (including phenoxy) is 1. The largest absolute Gasteiger partial charge is 0.491 e. The molecule has 2 aromatic rings. The number of aromatic nitrogens is 1. The topological polar surface area (TPSA) is 78.8 Å². The first kappa shape index (κ1) is 27.2. The van der Waals surface area contributed by atoms with Gasteiger partial charge < -0.3 is 20.5 Å². The van der Waals surface area contributed by atoms with Crippen molar-refractivity contribution in [2.24, 2.45) is 10.9 Å². The van der Waals surface area contributed by atoms with Gasteiger partial charge in [0.25, 0.3) is 0 Å². The van der Waals surface area contributed by atoms with Crippen LogP contribution in [-0.4, -0.2) is 41.8 Å². The minimum Gasteiger partial charge on any atom is -0.491 e. The van der Waals surface area contributed by atoms with Gasteiger partial charge in [-0.3, -0.25) is 9.98 Å². The van der Waals surface area contributed by atoms with Crippen molar-refractivity contribution in [2.45, 2.75) is 52.7 Å². The zero-order valence-electron chi connectivity index (χ0n) is 19.2. The number of hydrogen-bond donors (Lipinski definition) is 3. The van der Waals surface area contributed by atoms with Crippen LogP contribution in [0.1, 0.15) is 57.8 Å². The Morgan fingerprint density at radius 1 is 1.06 bits per heavy atom. The quantitative estimate of drug-likeness (QED) is 0.235. The Labute approximate surface area is 203 Å². The molecule has 0 fully saturated rings. The lowest BCUT2D eigenvalue weighted by atomic mass is 9.89. The molecule has 0 amide bonds. The number of nitrogens with zero attached hydrogens (tertiary/aromatic N) is 2. The van der Waals surface area contributed by atoms with Crippen molar-refractivity contribution in [3.63, 3.8) is 0 Å². The highest BCUT2D eigenvalue weighted by Crippen LogP contribution is 2.24. The third-order valence-electron chi connectivity index (χ3n) is 4.81. The summed E-state index contributed by atoms with van der Waals surface area (Å²) in [6.07, 6.45) is 3.19. The Balaban J connectivity index is 0.00000480. The first-order valence-corrected chi connectivity index (χ1v) is 10.8. The van der Waals surface area contributed by atoms with E-state index in [-0.39, 0.29) is 36.0 Å². The van der Waals surface area contributed by atoms with Gasteiger partial charge >= 0.3 is 0 Å². The Kier molecular flexibility index (Phi) is 12.5. The van der Waals surface area contributed by atoms with Crippen molar-refractivity contribution in [1.82, 2.24) is 15.6 Å². The second-order valence-electron chi connectivity index (χ2n) is 7.99. The van der Waals surface area contributed by atoms with Gasteiger partial charge in [-0.15, -0.1) is 24.0 Å². The molecule has 1 aromatic carbocycles. The van der Waals surface area contributed by atoms with Gasteiger partial charge in [0.1, 0.15) is 5.75 Å². The molecule has 31 heavy (non-hydrogen) atoms. The van der Waals surface area contributed by atoms with E-state index < -0.39 is 6.10 Å². The van der Waals surface area contributed by atoms with E-state index in [0.29, 0.717) is 25.0 Å². The van der Waals surface area contributed by atoms with E-state index in [0.717, 1.165) is 17.9 Å². The molecule has 3 N–H and O–H groups in total. The number of aliphatic hydroxyl groups excluding tert-OH is 1. The summed E-state index contributed by atoms with van der Waals surface area (Å²) in [5.41, 5.74) is 2.03. The number of pyridine rings is 1. The number of nitrogens with one attached hydrogen (secondary N) is 2. The summed E-state index contributed by atoms with van der Waals surface area (Å²) in [5.74, 6) is 2.23. The second-order valence-corrected chi connectivity index (χ2v) is 7.99. The summed E-state index contributed by atoms with van der Waals surface area (Å²) >= 11 is 0. The van der Waals surface area contributed by atoms with Gasteiger partial charge in [-0.2, -0.15) is 0 Å². The molecule has 0 aliphatic heterocycles. The molecule has 0 saturated heterocycles. The van der Waals surface area contributed by atoms with Crippen molar-refractivity contribution in [3.05, 3.63) is 59.9 Å². The van der Waals surface area contributed by atoms with E-state index in [2.05, 4.69) is 35.5 Å².